The molecular weight excluding hydrogens is 361 g/mol. The molecule has 4 nitrogen and oxygen atoms in total. The zero-order valence-electron chi connectivity index (χ0n) is 9.76. The lowest BCUT2D eigenvalue weighted by molar-refractivity contribution is -0.115. The quantitative estimate of drug-likeness (QED) is 0.509. The van der Waals surface area contributed by atoms with Crippen molar-refractivity contribution >= 4 is 44.8 Å². The number of aromatic nitrogens is 1. The van der Waals surface area contributed by atoms with E-state index in [1.165, 1.54) is 26.8 Å². The Labute approximate surface area is 123 Å². The van der Waals surface area contributed by atoms with E-state index in [-0.39, 0.29) is 12.3 Å². The van der Waals surface area contributed by atoms with Gasteiger partial charge >= 0.3 is 0 Å². The van der Waals surface area contributed by atoms with Gasteiger partial charge in [0.2, 0.25) is 5.13 Å². The number of benzene rings is 1. The van der Waals surface area contributed by atoms with Gasteiger partial charge in [-0.15, -0.1) is 11.3 Å². The van der Waals surface area contributed by atoms with Crippen LogP contribution in [0.5, 0.6) is 0 Å². The van der Waals surface area contributed by atoms with Crippen LogP contribution in [0.25, 0.3) is 11.3 Å². The Morgan fingerprint density at radius 3 is 2.72 bits per heavy atom. The molecule has 1 aromatic heterocycles. The minimum atomic E-state index is 0.0171. The monoisotopic (exact) mass is 373 g/mol. The van der Waals surface area contributed by atoms with Crippen LogP contribution in [0.15, 0.2) is 29.6 Å². The van der Waals surface area contributed by atoms with Crippen molar-refractivity contribution in [1.82, 2.24) is 4.98 Å². The Morgan fingerprint density at radius 1 is 1.44 bits per heavy atom. The Morgan fingerprint density at radius 2 is 2.11 bits per heavy atom. The zero-order valence-corrected chi connectivity index (χ0v) is 12.7. The van der Waals surface area contributed by atoms with E-state index in [1.807, 2.05) is 29.6 Å². The standard InChI is InChI=1S/C12H12IN3OS/c1-8(17)6-16(14)12-15-11(7-18-12)9-2-4-10(13)5-3-9/h2-5,7H,6,14H2,1H3. The Balaban J connectivity index is 2.19. The summed E-state index contributed by atoms with van der Waals surface area (Å²) in [4.78, 5) is 15.4. The van der Waals surface area contributed by atoms with E-state index in [9.17, 15) is 4.79 Å². The molecule has 0 fully saturated rings. The maximum absolute atomic E-state index is 11.0. The van der Waals surface area contributed by atoms with Gasteiger partial charge < -0.3 is 0 Å². The fourth-order valence-electron chi connectivity index (χ4n) is 1.46. The van der Waals surface area contributed by atoms with Gasteiger partial charge in [-0.1, -0.05) is 12.1 Å². The molecule has 0 unspecified atom stereocenters. The van der Waals surface area contributed by atoms with Crippen LogP contribution in [0, 0.1) is 3.57 Å². The Kier molecular flexibility index (Phi) is 4.31. The lowest BCUT2D eigenvalue weighted by atomic mass is 10.2. The number of ketones is 1. The summed E-state index contributed by atoms with van der Waals surface area (Å²) in [5, 5.41) is 3.97. The van der Waals surface area contributed by atoms with Crippen LogP contribution < -0.4 is 10.9 Å². The molecule has 0 bridgehead atoms. The van der Waals surface area contributed by atoms with Gasteiger partial charge in [-0.2, -0.15) is 0 Å². The van der Waals surface area contributed by atoms with Gasteiger partial charge in [-0.25, -0.2) is 10.8 Å². The summed E-state index contributed by atoms with van der Waals surface area (Å²) < 4.78 is 1.18. The highest BCUT2D eigenvalue weighted by Gasteiger charge is 2.10. The predicted molar refractivity (Wildman–Crippen MR) is 82.5 cm³/mol. The number of hydrazine groups is 1. The van der Waals surface area contributed by atoms with E-state index in [2.05, 4.69) is 27.6 Å². The average Bonchev–Trinajstić information content (AvgIpc) is 2.78. The molecular formula is C12H12IN3OS. The first kappa shape index (κ1) is 13.4. The molecule has 0 spiro atoms. The predicted octanol–water partition coefficient (Wildman–Crippen LogP) is 2.68. The number of nitrogens with zero attached hydrogens (tertiary/aromatic N) is 2. The summed E-state index contributed by atoms with van der Waals surface area (Å²) in [6.45, 7) is 1.69. The van der Waals surface area contributed by atoms with Crippen molar-refractivity contribution in [2.24, 2.45) is 5.84 Å². The largest absolute Gasteiger partial charge is 0.298 e. The van der Waals surface area contributed by atoms with Crippen molar-refractivity contribution in [1.29, 1.82) is 0 Å². The topological polar surface area (TPSA) is 59.2 Å². The molecule has 18 heavy (non-hydrogen) atoms. The third-order valence-electron chi connectivity index (χ3n) is 2.27. The van der Waals surface area contributed by atoms with Crippen LogP contribution in [-0.2, 0) is 4.79 Å². The van der Waals surface area contributed by atoms with Gasteiger partial charge in [0, 0.05) is 14.5 Å². The van der Waals surface area contributed by atoms with E-state index in [0.717, 1.165) is 11.3 Å². The summed E-state index contributed by atoms with van der Waals surface area (Å²) >= 11 is 3.70. The fourth-order valence-corrected chi connectivity index (χ4v) is 2.57. The van der Waals surface area contributed by atoms with Crippen molar-refractivity contribution in [3.63, 3.8) is 0 Å². The second-order valence-corrected chi connectivity index (χ2v) is 5.93. The number of hydrogen-bond donors (Lipinski definition) is 1. The number of halogens is 1. The van der Waals surface area contributed by atoms with Gasteiger partial charge in [0.25, 0.3) is 0 Å². The molecule has 0 aliphatic heterocycles. The number of Topliss-reactive ketones (excluding diaryl/α,β-unsaturated/α-hetero) is 1. The number of hydrogen-bond acceptors (Lipinski definition) is 5. The first-order chi connectivity index (χ1) is 8.56. The lowest BCUT2D eigenvalue weighted by Gasteiger charge is -2.12. The van der Waals surface area contributed by atoms with Crippen LogP contribution >= 0.6 is 33.9 Å². The third kappa shape index (κ3) is 3.27. The lowest BCUT2D eigenvalue weighted by Crippen LogP contribution is -2.35. The molecule has 0 radical (unpaired) electrons. The van der Waals surface area contributed by atoms with Crippen LogP contribution in [0.3, 0.4) is 0 Å². The average molecular weight is 373 g/mol. The molecule has 0 aliphatic carbocycles. The maximum Gasteiger partial charge on any atom is 0.200 e. The van der Waals surface area contributed by atoms with Crippen LogP contribution in [0.2, 0.25) is 0 Å². The second-order valence-electron chi connectivity index (χ2n) is 3.85. The van der Waals surface area contributed by atoms with E-state index in [0.29, 0.717) is 5.13 Å². The van der Waals surface area contributed by atoms with E-state index < -0.39 is 0 Å². The van der Waals surface area contributed by atoms with Crippen molar-refractivity contribution in [3.8, 4) is 11.3 Å². The second kappa shape index (κ2) is 5.77. The fraction of sp³-hybridized carbons (Fsp3) is 0.167. The van der Waals surface area contributed by atoms with Crippen LogP contribution in [-0.4, -0.2) is 17.3 Å². The number of nitrogens with two attached hydrogens (primary N) is 1. The molecule has 0 amide bonds. The smallest absolute Gasteiger partial charge is 0.200 e. The normalized spacial score (nSPS) is 10.4. The number of carbonyl (C=O) groups excluding carboxylic acids is 1. The number of anilines is 1. The van der Waals surface area contributed by atoms with Gasteiger partial charge in [-0.3, -0.25) is 9.80 Å². The molecule has 0 atom stereocenters. The molecule has 0 saturated carbocycles. The number of carbonyl (C=O) groups is 1. The van der Waals surface area contributed by atoms with Gasteiger partial charge in [0.15, 0.2) is 5.78 Å². The van der Waals surface area contributed by atoms with Crippen molar-refractivity contribution in [3.05, 3.63) is 33.2 Å². The SMILES string of the molecule is CC(=O)CN(N)c1nc(-c2ccc(I)cc2)cs1. The molecule has 2 aromatic rings. The van der Waals surface area contributed by atoms with Gasteiger partial charge in [0.05, 0.1) is 12.2 Å². The molecule has 1 aromatic carbocycles. The van der Waals surface area contributed by atoms with Gasteiger partial charge in [0.1, 0.15) is 0 Å². The summed E-state index contributed by atoms with van der Waals surface area (Å²) in [5.41, 5.74) is 1.93. The highest BCUT2D eigenvalue weighted by Crippen LogP contribution is 2.26. The van der Waals surface area contributed by atoms with E-state index in [4.69, 9.17) is 5.84 Å². The minimum absolute atomic E-state index is 0.0171. The third-order valence-corrected chi connectivity index (χ3v) is 3.87. The highest BCUT2D eigenvalue weighted by atomic mass is 127. The van der Waals surface area contributed by atoms with E-state index >= 15 is 0 Å². The molecule has 0 aliphatic rings. The van der Waals surface area contributed by atoms with Crippen LogP contribution in [0.4, 0.5) is 5.13 Å². The molecule has 2 rings (SSSR count). The molecule has 1 heterocycles. The Hall–Kier alpha value is -0.990. The molecule has 2 N–H and O–H groups in total. The zero-order chi connectivity index (χ0) is 13.1. The van der Waals surface area contributed by atoms with Crippen molar-refractivity contribution in [2.45, 2.75) is 6.92 Å². The van der Waals surface area contributed by atoms with Crippen LogP contribution in [0.1, 0.15) is 6.92 Å². The summed E-state index contributed by atoms with van der Waals surface area (Å²) in [6.07, 6.45) is 0. The first-order valence-corrected chi connectivity index (χ1v) is 7.25. The van der Waals surface area contributed by atoms with Crippen molar-refractivity contribution in [2.75, 3.05) is 11.6 Å². The molecule has 94 valence electrons. The van der Waals surface area contributed by atoms with E-state index in [1.54, 1.807) is 0 Å². The molecule has 0 saturated heterocycles. The highest BCUT2D eigenvalue weighted by molar-refractivity contribution is 14.1. The minimum Gasteiger partial charge on any atom is -0.298 e. The number of thiazole rings is 1. The Bertz CT molecular complexity index is 553. The summed E-state index contributed by atoms with van der Waals surface area (Å²) in [5.74, 6) is 5.79. The summed E-state index contributed by atoms with van der Waals surface area (Å²) in [6, 6.07) is 8.11. The number of rotatable bonds is 4. The first-order valence-electron chi connectivity index (χ1n) is 5.29. The molecule has 6 heteroatoms. The van der Waals surface area contributed by atoms with Crippen molar-refractivity contribution < 1.29 is 4.79 Å². The summed E-state index contributed by atoms with van der Waals surface area (Å²) in [7, 11) is 0. The maximum atomic E-state index is 11.0. The van der Waals surface area contributed by atoms with Gasteiger partial charge in [-0.05, 0) is 41.6 Å².